The first kappa shape index (κ1) is 9.00. The summed E-state index contributed by atoms with van der Waals surface area (Å²) in [7, 11) is 0. The van der Waals surface area contributed by atoms with E-state index in [4.69, 9.17) is 4.84 Å². The van der Waals surface area contributed by atoms with Gasteiger partial charge in [0, 0.05) is 6.54 Å². The lowest BCUT2D eigenvalue weighted by atomic mass is 10.3. The molecule has 0 aliphatic carbocycles. The Morgan fingerprint density at radius 3 is 2.82 bits per heavy atom. The smallest absolute Gasteiger partial charge is 0.259 e. The van der Waals surface area contributed by atoms with Gasteiger partial charge in [-0.15, -0.1) is 0 Å². The zero-order valence-electron chi connectivity index (χ0n) is 6.55. The lowest BCUT2D eigenvalue weighted by Gasteiger charge is -2.26. The number of rotatable bonds is 1. The van der Waals surface area contributed by atoms with Crippen molar-refractivity contribution in [1.29, 1.82) is 0 Å². The number of nitrogens with zero attached hydrogens (tertiary/aromatic N) is 1. The van der Waals surface area contributed by atoms with Crippen molar-refractivity contribution in [2.75, 3.05) is 13.2 Å². The number of carbonyl (C=O) groups is 1. The number of hydrogen-bond acceptors (Lipinski definition) is 2. The van der Waals surface area contributed by atoms with E-state index in [0.29, 0.717) is 6.61 Å². The molecule has 64 valence electrons. The summed E-state index contributed by atoms with van der Waals surface area (Å²) in [5.74, 6) is 0.0182. The Kier molecular flexibility index (Phi) is 3.33. The second kappa shape index (κ2) is 4.07. The molecule has 1 rings (SSSR count). The number of halogens is 1. The van der Waals surface area contributed by atoms with Gasteiger partial charge in [0.15, 0.2) is 0 Å². The molecular formula is C7H12BrNO2. The largest absolute Gasteiger partial charge is 0.271 e. The molecule has 0 spiro atoms. The van der Waals surface area contributed by atoms with E-state index in [0.717, 1.165) is 19.4 Å². The van der Waals surface area contributed by atoms with Gasteiger partial charge in [0.05, 0.1) is 11.4 Å². The number of amides is 1. The normalized spacial score (nSPS) is 21.5. The molecule has 4 heteroatoms. The molecule has 0 radical (unpaired) electrons. The Balaban J connectivity index is 2.39. The van der Waals surface area contributed by atoms with Gasteiger partial charge in [0.2, 0.25) is 0 Å². The van der Waals surface area contributed by atoms with Crippen LogP contribution >= 0.6 is 15.9 Å². The molecule has 1 aliphatic heterocycles. The molecule has 1 aliphatic rings. The molecule has 0 bridgehead atoms. The third-order valence-electron chi connectivity index (χ3n) is 1.59. The first-order valence-electron chi connectivity index (χ1n) is 3.80. The minimum atomic E-state index is -0.138. The Bertz CT molecular complexity index is 143. The van der Waals surface area contributed by atoms with Gasteiger partial charge >= 0.3 is 0 Å². The van der Waals surface area contributed by atoms with Crippen LogP contribution in [0.25, 0.3) is 0 Å². The van der Waals surface area contributed by atoms with Crippen LogP contribution in [-0.4, -0.2) is 28.9 Å². The van der Waals surface area contributed by atoms with Gasteiger partial charge in [0.25, 0.3) is 5.91 Å². The fourth-order valence-corrected chi connectivity index (χ4v) is 1.20. The monoisotopic (exact) mass is 221 g/mol. The summed E-state index contributed by atoms with van der Waals surface area (Å²) in [4.78, 5) is 16.3. The van der Waals surface area contributed by atoms with Gasteiger partial charge in [-0.3, -0.25) is 9.63 Å². The second-order valence-corrected chi connectivity index (χ2v) is 3.97. The highest BCUT2D eigenvalue weighted by Gasteiger charge is 2.20. The van der Waals surface area contributed by atoms with E-state index in [1.165, 1.54) is 5.06 Å². The molecule has 1 unspecified atom stereocenters. The third-order valence-corrected chi connectivity index (χ3v) is 1.98. The standard InChI is InChI=1S/C7H12BrNO2/c1-6(8)7(10)9-4-2-3-5-11-9/h6H,2-5H2,1H3. The highest BCUT2D eigenvalue weighted by molar-refractivity contribution is 9.10. The topological polar surface area (TPSA) is 29.5 Å². The Hall–Kier alpha value is -0.0900. The maximum absolute atomic E-state index is 11.3. The summed E-state index contributed by atoms with van der Waals surface area (Å²) in [5.41, 5.74) is 0. The molecule has 1 amide bonds. The summed E-state index contributed by atoms with van der Waals surface area (Å²) >= 11 is 3.20. The molecule has 0 aromatic carbocycles. The van der Waals surface area contributed by atoms with Crippen LogP contribution in [0.3, 0.4) is 0 Å². The fourth-order valence-electron chi connectivity index (χ4n) is 0.969. The van der Waals surface area contributed by atoms with Crippen LogP contribution in [-0.2, 0) is 9.63 Å². The molecule has 0 saturated carbocycles. The Morgan fingerprint density at radius 2 is 2.36 bits per heavy atom. The molecule has 11 heavy (non-hydrogen) atoms. The first-order valence-corrected chi connectivity index (χ1v) is 4.72. The van der Waals surface area contributed by atoms with Crippen molar-refractivity contribution in [2.24, 2.45) is 0 Å². The minimum Gasteiger partial charge on any atom is -0.271 e. The van der Waals surface area contributed by atoms with Crippen molar-refractivity contribution in [1.82, 2.24) is 5.06 Å². The molecule has 0 aromatic heterocycles. The van der Waals surface area contributed by atoms with Crippen LogP contribution in [0, 0.1) is 0 Å². The Morgan fingerprint density at radius 1 is 1.64 bits per heavy atom. The lowest BCUT2D eigenvalue weighted by Crippen LogP contribution is -2.39. The average Bonchev–Trinajstić information content (AvgIpc) is 2.05. The van der Waals surface area contributed by atoms with E-state index in [2.05, 4.69) is 15.9 Å². The summed E-state index contributed by atoms with van der Waals surface area (Å²) < 4.78 is 0. The highest BCUT2D eigenvalue weighted by atomic mass is 79.9. The van der Waals surface area contributed by atoms with Crippen molar-refractivity contribution in [3.8, 4) is 0 Å². The van der Waals surface area contributed by atoms with Crippen LogP contribution in [0.5, 0.6) is 0 Å². The van der Waals surface area contributed by atoms with Crippen LogP contribution in [0.2, 0.25) is 0 Å². The van der Waals surface area contributed by atoms with Crippen LogP contribution in [0.4, 0.5) is 0 Å². The van der Waals surface area contributed by atoms with Crippen molar-refractivity contribution in [3.05, 3.63) is 0 Å². The predicted octanol–water partition coefficient (Wildman–Crippen LogP) is 1.32. The molecule has 0 aromatic rings. The lowest BCUT2D eigenvalue weighted by molar-refractivity contribution is -0.195. The van der Waals surface area contributed by atoms with Gasteiger partial charge in [-0.25, -0.2) is 5.06 Å². The molecule has 1 heterocycles. The van der Waals surface area contributed by atoms with E-state index in [1.807, 2.05) is 0 Å². The third kappa shape index (κ3) is 2.45. The average molecular weight is 222 g/mol. The van der Waals surface area contributed by atoms with E-state index < -0.39 is 0 Å². The maximum atomic E-state index is 11.3. The summed E-state index contributed by atoms with van der Waals surface area (Å²) in [6.45, 7) is 3.21. The quantitative estimate of drug-likeness (QED) is 0.626. The summed E-state index contributed by atoms with van der Waals surface area (Å²) in [6, 6.07) is 0. The van der Waals surface area contributed by atoms with Crippen LogP contribution in [0.1, 0.15) is 19.8 Å². The molecule has 0 N–H and O–H groups in total. The van der Waals surface area contributed by atoms with Crippen molar-refractivity contribution in [2.45, 2.75) is 24.6 Å². The van der Waals surface area contributed by atoms with Crippen molar-refractivity contribution >= 4 is 21.8 Å². The van der Waals surface area contributed by atoms with Crippen LogP contribution < -0.4 is 0 Å². The minimum absolute atomic E-state index is 0.0182. The van der Waals surface area contributed by atoms with Crippen molar-refractivity contribution in [3.63, 3.8) is 0 Å². The molecule has 1 saturated heterocycles. The molecule has 1 atom stereocenters. The van der Waals surface area contributed by atoms with E-state index >= 15 is 0 Å². The number of hydrogen-bond donors (Lipinski definition) is 0. The predicted molar refractivity (Wildman–Crippen MR) is 45.3 cm³/mol. The zero-order valence-corrected chi connectivity index (χ0v) is 8.13. The molecular weight excluding hydrogens is 210 g/mol. The highest BCUT2D eigenvalue weighted by Crippen LogP contribution is 2.10. The second-order valence-electron chi connectivity index (χ2n) is 2.60. The van der Waals surface area contributed by atoms with E-state index in [1.54, 1.807) is 6.92 Å². The number of carbonyl (C=O) groups excluding carboxylic acids is 1. The fraction of sp³-hybridized carbons (Fsp3) is 0.857. The van der Waals surface area contributed by atoms with E-state index in [-0.39, 0.29) is 10.7 Å². The van der Waals surface area contributed by atoms with Gasteiger partial charge in [-0.2, -0.15) is 0 Å². The van der Waals surface area contributed by atoms with Gasteiger partial charge in [0.1, 0.15) is 0 Å². The SMILES string of the molecule is CC(Br)C(=O)N1CCCCO1. The molecule has 1 fully saturated rings. The first-order chi connectivity index (χ1) is 5.22. The summed E-state index contributed by atoms with van der Waals surface area (Å²) in [5, 5.41) is 1.45. The number of alkyl halides is 1. The van der Waals surface area contributed by atoms with Gasteiger partial charge in [-0.1, -0.05) is 15.9 Å². The van der Waals surface area contributed by atoms with E-state index in [9.17, 15) is 4.79 Å². The van der Waals surface area contributed by atoms with Gasteiger partial charge < -0.3 is 0 Å². The van der Waals surface area contributed by atoms with Crippen molar-refractivity contribution < 1.29 is 9.63 Å². The zero-order chi connectivity index (χ0) is 8.27. The number of hydroxylamine groups is 2. The molecule has 3 nitrogen and oxygen atoms in total. The maximum Gasteiger partial charge on any atom is 0.259 e. The van der Waals surface area contributed by atoms with Gasteiger partial charge in [-0.05, 0) is 19.8 Å². The Labute approximate surface area is 74.8 Å². The summed E-state index contributed by atoms with van der Waals surface area (Å²) in [6.07, 6.45) is 2.10. The van der Waals surface area contributed by atoms with Crippen LogP contribution in [0.15, 0.2) is 0 Å².